The zero-order valence-electron chi connectivity index (χ0n) is 10.2. The van der Waals surface area contributed by atoms with E-state index >= 15 is 0 Å². The second-order valence-electron chi connectivity index (χ2n) is 3.45. The molecule has 0 aliphatic rings. The summed E-state index contributed by atoms with van der Waals surface area (Å²) in [6.45, 7) is 1.05. The second-order valence-corrected chi connectivity index (χ2v) is 3.45. The zero-order valence-corrected chi connectivity index (χ0v) is 10.2. The van der Waals surface area contributed by atoms with Crippen LogP contribution >= 0.6 is 0 Å². The molecule has 0 saturated heterocycles. The van der Waals surface area contributed by atoms with Crippen LogP contribution in [0.15, 0.2) is 24.3 Å². The van der Waals surface area contributed by atoms with Gasteiger partial charge in [-0.3, -0.25) is 4.79 Å². The van der Waals surface area contributed by atoms with Crippen molar-refractivity contribution in [3.63, 3.8) is 0 Å². The first-order valence-electron chi connectivity index (χ1n) is 5.47. The normalized spacial score (nSPS) is 9.78. The summed E-state index contributed by atoms with van der Waals surface area (Å²) in [5.74, 6) is 0.319. The van der Waals surface area contributed by atoms with Crippen LogP contribution < -0.4 is 4.74 Å². The lowest BCUT2D eigenvalue weighted by molar-refractivity contribution is -0.00849. The summed E-state index contributed by atoms with van der Waals surface area (Å²) in [5.41, 5.74) is 0.464. The van der Waals surface area contributed by atoms with Crippen LogP contribution in [0.5, 0.6) is 5.75 Å². The van der Waals surface area contributed by atoms with E-state index in [2.05, 4.69) is 0 Å². The average Bonchev–Trinajstić information content (AvgIpc) is 2.39. The second kappa shape index (κ2) is 8.23. The van der Waals surface area contributed by atoms with Gasteiger partial charge in [0.1, 0.15) is 5.75 Å². The van der Waals surface area contributed by atoms with Crippen molar-refractivity contribution < 1.29 is 19.0 Å². The van der Waals surface area contributed by atoms with Crippen molar-refractivity contribution in [2.45, 2.75) is 6.42 Å². The minimum absolute atomic E-state index is 0.0965. The van der Waals surface area contributed by atoms with Gasteiger partial charge >= 0.3 is 0 Å². The molecule has 0 fully saturated rings. The lowest BCUT2D eigenvalue weighted by Crippen LogP contribution is -2.08. The summed E-state index contributed by atoms with van der Waals surface area (Å²) >= 11 is 0. The standard InChI is InChI=1S/C13H15NO4/c1-16-7-8-17-10-18-12-4-2-3-11(9-12)13(15)5-6-14/h2-4,9H,5,7-8,10H2,1H3. The van der Waals surface area contributed by atoms with Crippen molar-refractivity contribution in [2.24, 2.45) is 0 Å². The van der Waals surface area contributed by atoms with Crippen molar-refractivity contribution in [2.75, 3.05) is 27.1 Å². The molecule has 1 aromatic carbocycles. The van der Waals surface area contributed by atoms with Gasteiger partial charge in [-0.05, 0) is 12.1 Å². The Bertz CT molecular complexity index is 425. The molecule has 0 N–H and O–H groups in total. The molecule has 1 aromatic rings. The summed E-state index contributed by atoms with van der Waals surface area (Å²) in [7, 11) is 1.59. The number of carbonyl (C=O) groups excluding carboxylic acids is 1. The maximum atomic E-state index is 11.5. The van der Waals surface area contributed by atoms with Gasteiger partial charge in [-0.1, -0.05) is 12.1 Å². The van der Waals surface area contributed by atoms with Gasteiger partial charge in [-0.25, -0.2) is 0 Å². The molecular weight excluding hydrogens is 234 g/mol. The van der Waals surface area contributed by atoms with E-state index < -0.39 is 0 Å². The Hall–Kier alpha value is -1.90. The molecular formula is C13H15NO4. The number of nitrogens with zero attached hydrogens (tertiary/aromatic N) is 1. The highest BCUT2D eigenvalue weighted by Gasteiger charge is 2.06. The molecule has 0 heterocycles. The van der Waals surface area contributed by atoms with Gasteiger partial charge in [0.05, 0.1) is 25.7 Å². The number of ketones is 1. The molecule has 0 amide bonds. The van der Waals surface area contributed by atoms with Crippen LogP contribution in [0, 0.1) is 11.3 Å². The van der Waals surface area contributed by atoms with E-state index in [1.54, 1.807) is 31.4 Å². The van der Waals surface area contributed by atoms with Crippen LogP contribution in [0.3, 0.4) is 0 Å². The molecule has 18 heavy (non-hydrogen) atoms. The molecule has 0 saturated carbocycles. The summed E-state index contributed by atoms with van der Waals surface area (Å²) in [4.78, 5) is 11.5. The number of Topliss-reactive ketones (excluding diaryl/α,β-unsaturated/α-hetero) is 1. The molecule has 0 spiro atoms. The Balaban J connectivity index is 2.45. The van der Waals surface area contributed by atoms with Crippen LogP contribution in [0.25, 0.3) is 0 Å². The van der Waals surface area contributed by atoms with Crippen molar-refractivity contribution in [3.8, 4) is 11.8 Å². The molecule has 0 unspecified atom stereocenters. The number of hydrogen-bond donors (Lipinski definition) is 0. The molecule has 5 heteroatoms. The first kappa shape index (κ1) is 14.2. The van der Waals surface area contributed by atoms with Crippen molar-refractivity contribution >= 4 is 5.78 Å². The molecule has 96 valence electrons. The fourth-order valence-electron chi connectivity index (χ4n) is 1.24. The number of ether oxygens (including phenoxy) is 3. The van der Waals surface area contributed by atoms with E-state index in [-0.39, 0.29) is 19.0 Å². The first-order chi connectivity index (χ1) is 8.77. The van der Waals surface area contributed by atoms with Crippen molar-refractivity contribution in [1.29, 1.82) is 5.26 Å². The summed E-state index contributed by atoms with van der Waals surface area (Å²) in [6, 6.07) is 8.50. The lowest BCUT2D eigenvalue weighted by Gasteiger charge is -2.07. The molecule has 0 atom stereocenters. The van der Waals surface area contributed by atoms with Gasteiger partial charge in [-0.2, -0.15) is 5.26 Å². The quantitative estimate of drug-likeness (QED) is 0.399. The summed E-state index contributed by atoms with van der Waals surface area (Å²) in [6.07, 6.45) is -0.131. The van der Waals surface area contributed by atoms with Gasteiger partial charge in [-0.15, -0.1) is 0 Å². The largest absolute Gasteiger partial charge is 0.468 e. The van der Waals surface area contributed by atoms with E-state index in [1.165, 1.54) is 0 Å². The predicted octanol–water partition coefficient (Wildman–Crippen LogP) is 1.78. The number of rotatable bonds is 8. The highest BCUT2D eigenvalue weighted by molar-refractivity contribution is 5.97. The van der Waals surface area contributed by atoms with E-state index in [0.29, 0.717) is 24.5 Å². The van der Waals surface area contributed by atoms with Crippen LogP contribution in [0.1, 0.15) is 16.8 Å². The van der Waals surface area contributed by atoms with Crippen LogP contribution in [-0.4, -0.2) is 32.9 Å². The number of carbonyl (C=O) groups is 1. The third-order valence-corrected chi connectivity index (χ3v) is 2.14. The maximum Gasteiger partial charge on any atom is 0.189 e. The molecule has 0 radical (unpaired) electrons. The fraction of sp³-hybridized carbons (Fsp3) is 0.385. The molecule has 0 aliphatic heterocycles. The molecule has 0 bridgehead atoms. The first-order valence-corrected chi connectivity index (χ1v) is 5.47. The summed E-state index contributed by atoms with van der Waals surface area (Å²) < 4.78 is 15.3. The minimum atomic E-state index is -0.219. The number of nitriles is 1. The van der Waals surface area contributed by atoms with Crippen molar-refractivity contribution in [1.82, 2.24) is 0 Å². The highest BCUT2D eigenvalue weighted by Crippen LogP contribution is 2.14. The van der Waals surface area contributed by atoms with E-state index in [1.807, 2.05) is 6.07 Å². The predicted molar refractivity (Wildman–Crippen MR) is 64.3 cm³/mol. The van der Waals surface area contributed by atoms with Crippen LogP contribution in [-0.2, 0) is 9.47 Å². The molecule has 5 nitrogen and oxygen atoms in total. The Morgan fingerprint density at radius 2 is 2.22 bits per heavy atom. The Morgan fingerprint density at radius 3 is 2.94 bits per heavy atom. The highest BCUT2D eigenvalue weighted by atomic mass is 16.7. The fourth-order valence-corrected chi connectivity index (χ4v) is 1.24. The SMILES string of the molecule is COCCOCOc1cccc(C(=O)CC#N)c1. The van der Waals surface area contributed by atoms with Gasteiger partial charge in [0.25, 0.3) is 0 Å². The van der Waals surface area contributed by atoms with Crippen LogP contribution in [0.2, 0.25) is 0 Å². The van der Waals surface area contributed by atoms with E-state index in [0.717, 1.165) is 0 Å². The van der Waals surface area contributed by atoms with E-state index in [9.17, 15) is 4.79 Å². The maximum absolute atomic E-state index is 11.5. The average molecular weight is 249 g/mol. The Morgan fingerprint density at radius 1 is 1.39 bits per heavy atom. The van der Waals surface area contributed by atoms with Gasteiger partial charge in [0.2, 0.25) is 0 Å². The number of methoxy groups -OCH3 is 1. The third kappa shape index (κ3) is 4.95. The number of benzene rings is 1. The molecule has 0 aliphatic carbocycles. The Labute approximate surface area is 106 Å². The zero-order chi connectivity index (χ0) is 13.2. The molecule has 0 aromatic heterocycles. The van der Waals surface area contributed by atoms with Gasteiger partial charge in [0.15, 0.2) is 12.6 Å². The summed E-state index contributed by atoms with van der Waals surface area (Å²) in [5, 5.41) is 8.46. The third-order valence-electron chi connectivity index (χ3n) is 2.14. The minimum Gasteiger partial charge on any atom is -0.468 e. The Kier molecular flexibility index (Phi) is 6.47. The molecule has 1 rings (SSSR count). The lowest BCUT2D eigenvalue weighted by atomic mass is 10.1. The van der Waals surface area contributed by atoms with Crippen LogP contribution in [0.4, 0.5) is 0 Å². The van der Waals surface area contributed by atoms with Crippen molar-refractivity contribution in [3.05, 3.63) is 29.8 Å². The number of hydrogen-bond acceptors (Lipinski definition) is 5. The van der Waals surface area contributed by atoms with E-state index in [4.69, 9.17) is 19.5 Å². The monoisotopic (exact) mass is 249 g/mol. The smallest absolute Gasteiger partial charge is 0.189 e. The topological polar surface area (TPSA) is 68.6 Å². The van der Waals surface area contributed by atoms with Gasteiger partial charge < -0.3 is 14.2 Å². The van der Waals surface area contributed by atoms with Gasteiger partial charge in [0, 0.05) is 12.7 Å².